The lowest BCUT2D eigenvalue weighted by atomic mass is 9.89. The molecule has 6 heteroatoms. The molecule has 1 N–H and O–H groups in total. The van der Waals surface area contributed by atoms with Crippen molar-refractivity contribution < 1.29 is 8.42 Å². The fraction of sp³-hybridized carbons (Fsp3) is 0.292. The summed E-state index contributed by atoms with van der Waals surface area (Å²) < 4.78 is 28.6. The third-order valence-corrected chi connectivity index (χ3v) is 6.52. The molecule has 2 aromatic carbocycles. The Kier molecular flexibility index (Phi) is 5.62. The molecule has 1 aromatic heterocycles. The smallest absolute Gasteiger partial charge is 0.251 e. The van der Waals surface area contributed by atoms with E-state index in [4.69, 9.17) is 0 Å². The highest BCUT2D eigenvalue weighted by Crippen LogP contribution is 2.30. The van der Waals surface area contributed by atoms with Crippen molar-refractivity contribution in [3.05, 3.63) is 93.9 Å². The molecule has 156 valence electrons. The number of rotatable bonds is 5. The van der Waals surface area contributed by atoms with Crippen LogP contribution in [-0.4, -0.2) is 25.3 Å². The van der Waals surface area contributed by atoms with E-state index in [9.17, 15) is 13.2 Å². The van der Waals surface area contributed by atoms with Gasteiger partial charge in [-0.3, -0.25) is 4.79 Å². The number of nitrogens with zero attached hydrogens (tertiary/aromatic N) is 1. The first-order valence-electron chi connectivity index (χ1n) is 10.1. The number of hydrogen-bond donors (Lipinski definition) is 1. The molecule has 0 amide bonds. The van der Waals surface area contributed by atoms with Gasteiger partial charge in [-0.25, -0.2) is 13.1 Å². The van der Waals surface area contributed by atoms with Crippen LogP contribution in [0.3, 0.4) is 0 Å². The zero-order valence-corrected chi connectivity index (χ0v) is 18.0. The molecule has 0 spiro atoms. The number of aromatic nitrogens is 1. The highest BCUT2D eigenvalue weighted by atomic mass is 32.2. The van der Waals surface area contributed by atoms with E-state index in [1.54, 1.807) is 10.6 Å². The van der Waals surface area contributed by atoms with Crippen molar-refractivity contribution in [3.63, 3.8) is 0 Å². The second kappa shape index (κ2) is 8.20. The maximum atomic E-state index is 12.8. The molecule has 0 radical (unpaired) electrons. The molecule has 1 aliphatic heterocycles. The van der Waals surface area contributed by atoms with Gasteiger partial charge in [0.1, 0.15) is 0 Å². The normalized spacial score (nSPS) is 18.7. The highest BCUT2D eigenvalue weighted by Gasteiger charge is 2.32. The zero-order chi connectivity index (χ0) is 21.3. The van der Waals surface area contributed by atoms with E-state index >= 15 is 0 Å². The van der Waals surface area contributed by atoms with Crippen LogP contribution >= 0.6 is 0 Å². The van der Waals surface area contributed by atoms with Crippen LogP contribution < -0.4 is 10.3 Å². The standard InChI is InChI=1S/C24H26N2O3S/c1-17-11-14-24(27)26-22(17)13-12-21(25-30(2,28)29)23(26)16-18-7-6-10-20(15-18)19-8-4-3-5-9-19/h3-11,14-15,21,23,25H,12-13,16H2,1-2H3. The number of benzene rings is 2. The van der Waals surface area contributed by atoms with Crippen molar-refractivity contribution in [1.82, 2.24) is 9.29 Å². The molecule has 0 saturated carbocycles. The number of aryl methyl sites for hydroxylation is 1. The Balaban J connectivity index is 1.75. The Hall–Kier alpha value is -2.70. The molecule has 0 fully saturated rings. The molecule has 4 rings (SSSR count). The third kappa shape index (κ3) is 4.40. The lowest BCUT2D eigenvalue weighted by molar-refractivity contribution is 0.314. The van der Waals surface area contributed by atoms with Gasteiger partial charge < -0.3 is 4.57 Å². The molecule has 30 heavy (non-hydrogen) atoms. The first-order chi connectivity index (χ1) is 14.3. The number of hydrogen-bond acceptors (Lipinski definition) is 3. The Bertz CT molecular complexity index is 1220. The molecular weight excluding hydrogens is 396 g/mol. The second-order valence-electron chi connectivity index (χ2n) is 8.04. The average Bonchev–Trinajstić information content (AvgIpc) is 2.72. The van der Waals surface area contributed by atoms with Crippen LogP contribution in [0, 0.1) is 6.92 Å². The molecule has 2 atom stereocenters. The van der Waals surface area contributed by atoms with E-state index in [1.165, 1.54) is 6.26 Å². The first-order valence-corrected chi connectivity index (χ1v) is 12.0. The Labute approximate surface area is 177 Å². The predicted molar refractivity (Wildman–Crippen MR) is 120 cm³/mol. The summed E-state index contributed by atoms with van der Waals surface area (Å²) in [5.41, 5.74) is 5.28. The van der Waals surface area contributed by atoms with Crippen LogP contribution in [0.15, 0.2) is 71.5 Å². The number of sulfonamides is 1. The second-order valence-corrected chi connectivity index (χ2v) is 9.82. The van der Waals surface area contributed by atoms with Crippen LogP contribution in [0.2, 0.25) is 0 Å². The van der Waals surface area contributed by atoms with Gasteiger partial charge in [0.15, 0.2) is 0 Å². The monoisotopic (exact) mass is 422 g/mol. The molecular formula is C24H26N2O3S. The van der Waals surface area contributed by atoms with E-state index in [0.29, 0.717) is 19.3 Å². The largest absolute Gasteiger partial charge is 0.307 e. The summed E-state index contributed by atoms with van der Waals surface area (Å²) in [6.07, 6.45) is 3.09. The SMILES string of the molecule is Cc1ccc(=O)n2c1CCC(NS(C)(=O)=O)C2Cc1cccc(-c2ccccc2)c1. The zero-order valence-electron chi connectivity index (χ0n) is 17.2. The van der Waals surface area contributed by atoms with Crippen molar-refractivity contribution in [1.29, 1.82) is 0 Å². The quantitative estimate of drug-likeness (QED) is 0.685. The molecule has 2 unspecified atom stereocenters. The van der Waals surface area contributed by atoms with Crippen molar-refractivity contribution in [3.8, 4) is 11.1 Å². The third-order valence-electron chi connectivity index (χ3n) is 5.79. The molecule has 3 aromatic rings. The maximum Gasteiger partial charge on any atom is 0.251 e. The molecule has 5 nitrogen and oxygen atoms in total. The topological polar surface area (TPSA) is 68.2 Å². The minimum absolute atomic E-state index is 0.0835. The van der Waals surface area contributed by atoms with Crippen LogP contribution in [0.5, 0.6) is 0 Å². The highest BCUT2D eigenvalue weighted by molar-refractivity contribution is 7.88. The summed E-state index contributed by atoms with van der Waals surface area (Å²) in [5.74, 6) is 0. The molecule has 2 heterocycles. The molecule has 1 aliphatic rings. The number of pyridine rings is 1. The summed E-state index contributed by atoms with van der Waals surface area (Å²) in [7, 11) is -3.39. The van der Waals surface area contributed by atoms with Crippen molar-refractivity contribution in [2.45, 2.75) is 38.3 Å². The van der Waals surface area contributed by atoms with E-state index in [2.05, 4.69) is 29.0 Å². The van der Waals surface area contributed by atoms with E-state index in [-0.39, 0.29) is 17.6 Å². The van der Waals surface area contributed by atoms with Gasteiger partial charge in [-0.15, -0.1) is 0 Å². The Morgan fingerprint density at radius 3 is 2.47 bits per heavy atom. The van der Waals surface area contributed by atoms with Crippen LogP contribution in [0.25, 0.3) is 11.1 Å². The van der Waals surface area contributed by atoms with Gasteiger partial charge >= 0.3 is 0 Å². The van der Waals surface area contributed by atoms with Crippen molar-refractivity contribution >= 4 is 10.0 Å². The fourth-order valence-corrected chi connectivity index (χ4v) is 5.26. The van der Waals surface area contributed by atoms with E-state index < -0.39 is 10.0 Å². The van der Waals surface area contributed by atoms with Gasteiger partial charge in [-0.2, -0.15) is 0 Å². The van der Waals surface area contributed by atoms with Gasteiger partial charge in [0, 0.05) is 17.8 Å². The summed E-state index contributed by atoms with van der Waals surface area (Å²) in [4.78, 5) is 12.8. The summed E-state index contributed by atoms with van der Waals surface area (Å²) in [6.45, 7) is 2.00. The minimum atomic E-state index is -3.39. The van der Waals surface area contributed by atoms with Gasteiger partial charge in [-0.05, 0) is 48.4 Å². The number of nitrogens with one attached hydrogen (secondary N) is 1. The lowest BCUT2D eigenvalue weighted by Gasteiger charge is -2.36. The number of fused-ring (bicyclic) bond motifs is 1. The van der Waals surface area contributed by atoms with E-state index in [0.717, 1.165) is 27.9 Å². The molecule has 0 bridgehead atoms. The molecule has 0 aliphatic carbocycles. The summed E-state index contributed by atoms with van der Waals surface area (Å²) in [6, 6.07) is 21.2. The van der Waals surface area contributed by atoms with Crippen molar-refractivity contribution in [2.24, 2.45) is 0 Å². The average molecular weight is 423 g/mol. The predicted octanol–water partition coefficient (Wildman–Crippen LogP) is 3.47. The molecule has 0 saturated heterocycles. The van der Waals surface area contributed by atoms with Gasteiger partial charge in [0.25, 0.3) is 5.56 Å². The minimum Gasteiger partial charge on any atom is -0.307 e. The first kappa shape index (κ1) is 20.6. The fourth-order valence-electron chi connectivity index (χ4n) is 4.44. The Morgan fingerprint density at radius 1 is 1.00 bits per heavy atom. The van der Waals surface area contributed by atoms with Crippen LogP contribution in [0.4, 0.5) is 0 Å². The lowest BCUT2D eigenvalue weighted by Crippen LogP contribution is -2.48. The van der Waals surface area contributed by atoms with Gasteiger partial charge in [0.05, 0.1) is 12.3 Å². The summed E-state index contributed by atoms with van der Waals surface area (Å²) >= 11 is 0. The Morgan fingerprint density at radius 2 is 1.73 bits per heavy atom. The van der Waals surface area contributed by atoms with Crippen LogP contribution in [0.1, 0.15) is 29.3 Å². The van der Waals surface area contributed by atoms with Gasteiger partial charge in [-0.1, -0.05) is 60.7 Å². The van der Waals surface area contributed by atoms with Crippen molar-refractivity contribution in [2.75, 3.05) is 6.26 Å². The van der Waals surface area contributed by atoms with Gasteiger partial charge in [0.2, 0.25) is 10.0 Å². The van der Waals surface area contributed by atoms with E-state index in [1.807, 2.05) is 43.3 Å². The van der Waals surface area contributed by atoms with Crippen LogP contribution in [-0.2, 0) is 22.9 Å². The maximum absolute atomic E-state index is 12.8. The summed E-state index contributed by atoms with van der Waals surface area (Å²) in [5, 5.41) is 0.